The third kappa shape index (κ3) is 3.12. The fourth-order valence-electron chi connectivity index (χ4n) is 2.27. The Labute approximate surface area is 107 Å². The minimum atomic E-state index is 0.0592. The molecule has 1 aliphatic heterocycles. The van der Waals surface area contributed by atoms with Crippen LogP contribution in [0.4, 0.5) is 5.82 Å². The maximum absolute atomic E-state index is 8.68. The highest BCUT2D eigenvalue weighted by Crippen LogP contribution is 2.17. The molecule has 1 aromatic rings. The molecular weight excluding hydrogens is 228 g/mol. The second-order valence-corrected chi connectivity index (χ2v) is 4.62. The molecular formula is C13H20N4O. The topological polar surface area (TPSA) is 74.7 Å². The summed E-state index contributed by atoms with van der Waals surface area (Å²) in [5, 5.41) is 11.7. The van der Waals surface area contributed by atoms with Gasteiger partial charge in [-0.15, -0.1) is 0 Å². The fraction of sp³-hybridized carbons (Fsp3) is 0.538. The van der Waals surface area contributed by atoms with E-state index in [2.05, 4.69) is 15.0 Å². The molecule has 1 aromatic heterocycles. The molecule has 0 bridgehead atoms. The van der Waals surface area contributed by atoms with Crippen LogP contribution in [-0.4, -0.2) is 29.1 Å². The lowest BCUT2D eigenvalue weighted by Crippen LogP contribution is -2.28. The lowest BCUT2D eigenvalue weighted by molar-refractivity contribution is 0.318. The van der Waals surface area contributed by atoms with Crippen LogP contribution >= 0.6 is 0 Å². The van der Waals surface area contributed by atoms with Crippen LogP contribution in [-0.2, 0) is 0 Å². The summed E-state index contributed by atoms with van der Waals surface area (Å²) in [6.45, 7) is 2.07. The van der Waals surface area contributed by atoms with E-state index in [4.69, 9.17) is 10.9 Å². The summed E-state index contributed by atoms with van der Waals surface area (Å²) in [6, 6.07) is 5.63. The Balaban J connectivity index is 2.15. The van der Waals surface area contributed by atoms with Gasteiger partial charge in [-0.3, -0.25) is 0 Å². The lowest BCUT2D eigenvalue weighted by atomic mass is 10.1. The Morgan fingerprint density at radius 3 is 2.50 bits per heavy atom. The first-order valence-electron chi connectivity index (χ1n) is 6.51. The minimum absolute atomic E-state index is 0.0592. The first-order chi connectivity index (χ1) is 8.81. The number of aromatic nitrogens is 1. The van der Waals surface area contributed by atoms with Crippen LogP contribution in [0.25, 0.3) is 0 Å². The van der Waals surface area contributed by atoms with E-state index < -0.39 is 0 Å². The first-order valence-corrected chi connectivity index (χ1v) is 6.51. The molecule has 1 aliphatic rings. The number of pyridine rings is 1. The normalized spacial score (nSPS) is 18.2. The summed E-state index contributed by atoms with van der Waals surface area (Å²) in [6.07, 6.45) is 6.32. The molecule has 98 valence electrons. The van der Waals surface area contributed by atoms with Crippen molar-refractivity contribution in [3.05, 3.63) is 23.9 Å². The number of anilines is 1. The van der Waals surface area contributed by atoms with E-state index >= 15 is 0 Å². The van der Waals surface area contributed by atoms with Crippen LogP contribution in [0.3, 0.4) is 0 Å². The quantitative estimate of drug-likeness (QED) is 0.363. The number of hydrogen-bond donors (Lipinski definition) is 2. The molecule has 0 amide bonds. The van der Waals surface area contributed by atoms with E-state index in [-0.39, 0.29) is 5.84 Å². The molecule has 0 atom stereocenters. The van der Waals surface area contributed by atoms with Gasteiger partial charge >= 0.3 is 0 Å². The molecule has 18 heavy (non-hydrogen) atoms. The van der Waals surface area contributed by atoms with Gasteiger partial charge in [-0.25, -0.2) is 4.98 Å². The van der Waals surface area contributed by atoms with Gasteiger partial charge in [0.25, 0.3) is 0 Å². The molecule has 0 saturated carbocycles. The number of amidine groups is 1. The molecule has 1 saturated heterocycles. The van der Waals surface area contributed by atoms with Crippen molar-refractivity contribution < 1.29 is 5.21 Å². The second-order valence-electron chi connectivity index (χ2n) is 4.62. The molecule has 3 N–H and O–H groups in total. The summed E-state index contributed by atoms with van der Waals surface area (Å²) in [4.78, 5) is 6.73. The number of nitrogens with two attached hydrogens (primary N) is 1. The minimum Gasteiger partial charge on any atom is -0.409 e. The highest BCUT2D eigenvalue weighted by atomic mass is 16.4. The van der Waals surface area contributed by atoms with Crippen molar-refractivity contribution >= 4 is 11.7 Å². The Morgan fingerprint density at radius 2 is 1.83 bits per heavy atom. The zero-order valence-corrected chi connectivity index (χ0v) is 10.5. The predicted molar refractivity (Wildman–Crippen MR) is 72.0 cm³/mol. The largest absolute Gasteiger partial charge is 0.409 e. The van der Waals surface area contributed by atoms with Gasteiger partial charge in [0.2, 0.25) is 0 Å². The smallest absolute Gasteiger partial charge is 0.188 e. The molecule has 0 aromatic carbocycles. The van der Waals surface area contributed by atoms with Gasteiger partial charge in [-0.1, -0.05) is 30.5 Å². The first kappa shape index (κ1) is 12.7. The summed E-state index contributed by atoms with van der Waals surface area (Å²) in [7, 11) is 0. The summed E-state index contributed by atoms with van der Waals surface area (Å²) < 4.78 is 0. The van der Waals surface area contributed by atoms with Crippen molar-refractivity contribution in [2.45, 2.75) is 32.1 Å². The Bertz CT molecular complexity index is 411. The van der Waals surface area contributed by atoms with E-state index in [0.717, 1.165) is 18.9 Å². The number of hydrogen-bond acceptors (Lipinski definition) is 4. The molecule has 0 aliphatic carbocycles. The molecule has 0 spiro atoms. The zero-order chi connectivity index (χ0) is 12.8. The van der Waals surface area contributed by atoms with Crippen LogP contribution in [0.1, 0.15) is 37.8 Å². The average molecular weight is 248 g/mol. The van der Waals surface area contributed by atoms with Crippen LogP contribution in [0.2, 0.25) is 0 Å². The van der Waals surface area contributed by atoms with Crippen LogP contribution < -0.4 is 10.6 Å². The monoisotopic (exact) mass is 248 g/mol. The summed E-state index contributed by atoms with van der Waals surface area (Å²) in [5.41, 5.74) is 6.09. The lowest BCUT2D eigenvalue weighted by Gasteiger charge is -2.26. The molecule has 2 heterocycles. The average Bonchev–Trinajstić information content (AvgIpc) is 2.37. The van der Waals surface area contributed by atoms with Gasteiger partial charge in [0.05, 0.1) is 0 Å². The van der Waals surface area contributed by atoms with Gasteiger partial charge in [0.1, 0.15) is 11.5 Å². The standard InChI is InChI=1S/C13H20N4O/c14-13(16-18)11-7-6-8-12(15-11)17-9-4-2-1-3-5-10-17/h6-8,18H,1-5,9-10H2,(H2,14,16). The predicted octanol–water partition coefficient (Wildman–Crippen LogP) is 1.95. The van der Waals surface area contributed by atoms with Crippen molar-refractivity contribution in [2.24, 2.45) is 10.9 Å². The van der Waals surface area contributed by atoms with Crippen molar-refractivity contribution in [1.29, 1.82) is 0 Å². The zero-order valence-electron chi connectivity index (χ0n) is 10.5. The van der Waals surface area contributed by atoms with E-state index in [1.807, 2.05) is 12.1 Å². The maximum Gasteiger partial charge on any atom is 0.188 e. The molecule has 0 unspecified atom stereocenters. The van der Waals surface area contributed by atoms with E-state index in [9.17, 15) is 0 Å². The molecule has 1 fully saturated rings. The van der Waals surface area contributed by atoms with Crippen LogP contribution in [0, 0.1) is 0 Å². The van der Waals surface area contributed by atoms with Crippen molar-refractivity contribution in [2.75, 3.05) is 18.0 Å². The third-order valence-corrected chi connectivity index (χ3v) is 3.28. The number of oxime groups is 1. The van der Waals surface area contributed by atoms with Gasteiger partial charge < -0.3 is 15.8 Å². The van der Waals surface area contributed by atoms with E-state index in [1.54, 1.807) is 6.07 Å². The summed E-state index contributed by atoms with van der Waals surface area (Å²) >= 11 is 0. The highest BCUT2D eigenvalue weighted by Gasteiger charge is 2.11. The van der Waals surface area contributed by atoms with Gasteiger partial charge in [-0.05, 0) is 25.0 Å². The molecule has 5 heteroatoms. The Hall–Kier alpha value is -1.78. The number of nitrogens with zero attached hydrogens (tertiary/aromatic N) is 3. The second kappa shape index (κ2) is 6.23. The van der Waals surface area contributed by atoms with Crippen molar-refractivity contribution in [3.8, 4) is 0 Å². The van der Waals surface area contributed by atoms with E-state index in [1.165, 1.54) is 32.1 Å². The van der Waals surface area contributed by atoms with Gasteiger partial charge in [-0.2, -0.15) is 0 Å². The molecule has 0 radical (unpaired) electrons. The van der Waals surface area contributed by atoms with Crippen molar-refractivity contribution in [1.82, 2.24) is 4.98 Å². The van der Waals surface area contributed by atoms with Crippen molar-refractivity contribution in [3.63, 3.8) is 0 Å². The van der Waals surface area contributed by atoms with Gasteiger partial charge in [0.15, 0.2) is 5.84 Å². The van der Waals surface area contributed by atoms with Gasteiger partial charge in [0, 0.05) is 13.1 Å². The Morgan fingerprint density at radius 1 is 1.17 bits per heavy atom. The molecule has 2 rings (SSSR count). The maximum atomic E-state index is 8.68. The highest BCUT2D eigenvalue weighted by molar-refractivity contribution is 5.95. The van der Waals surface area contributed by atoms with Crippen LogP contribution in [0.15, 0.2) is 23.4 Å². The summed E-state index contributed by atoms with van der Waals surface area (Å²) in [5.74, 6) is 0.977. The molecule has 5 nitrogen and oxygen atoms in total. The fourth-order valence-corrected chi connectivity index (χ4v) is 2.27. The SMILES string of the molecule is NC(=NO)c1cccc(N2CCCCCCC2)n1. The Kier molecular flexibility index (Phi) is 4.39. The van der Waals surface area contributed by atoms with E-state index in [0.29, 0.717) is 5.69 Å². The number of rotatable bonds is 2. The third-order valence-electron chi connectivity index (χ3n) is 3.28. The van der Waals surface area contributed by atoms with Crippen LogP contribution in [0.5, 0.6) is 0 Å².